The molecule has 0 bridgehead atoms. The lowest BCUT2D eigenvalue weighted by Gasteiger charge is -2.34. The van der Waals surface area contributed by atoms with Gasteiger partial charge in [-0.2, -0.15) is 4.98 Å². The van der Waals surface area contributed by atoms with Crippen molar-refractivity contribution >= 4 is 45.7 Å². The van der Waals surface area contributed by atoms with Gasteiger partial charge in [0.2, 0.25) is 5.95 Å². The van der Waals surface area contributed by atoms with E-state index in [2.05, 4.69) is 32.0 Å². The number of benzene rings is 1. The van der Waals surface area contributed by atoms with Crippen molar-refractivity contribution in [2.45, 2.75) is 20.3 Å². The van der Waals surface area contributed by atoms with Gasteiger partial charge >= 0.3 is 0 Å². The summed E-state index contributed by atoms with van der Waals surface area (Å²) < 4.78 is 6.92. The SMILES string of the molecule is CCCN1CCN(c2ncc(Cl)c(Nc3ccc4c(c3)cc(OCC(C)=O)c(=O)n4C)n2)CC1. The first kappa shape index (κ1) is 24.0. The average molecular weight is 485 g/mol. The Morgan fingerprint density at radius 3 is 2.68 bits per heavy atom. The fourth-order valence-corrected chi connectivity index (χ4v) is 4.17. The molecule has 1 aromatic carbocycles. The number of fused-ring (bicyclic) bond motifs is 1. The number of aromatic nitrogens is 3. The molecule has 0 unspecified atom stereocenters. The monoisotopic (exact) mass is 484 g/mol. The van der Waals surface area contributed by atoms with Gasteiger partial charge < -0.3 is 19.5 Å². The van der Waals surface area contributed by atoms with Crippen LogP contribution in [-0.2, 0) is 11.8 Å². The Hall–Kier alpha value is -3.17. The molecule has 0 atom stereocenters. The van der Waals surface area contributed by atoms with E-state index in [4.69, 9.17) is 16.3 Å². The molecule has 0 saturated carbocycles. The second kappa shape index (κ2) is 10.4. The molecule has 1 N–H and O–H groups in total. The van der Waals surface area contributed by atoms with Crippen LogP contribution in [0.15, 0.2) is 35.3 Å². The van der Waals surface area contributed by atoms with Crippen LogP contribution < -0.4 is 20.5 Å². The zero-order chi connectivity index (χ0) is 24.2. The van der Waals surface area contributed by atoms with Crippen LogP contribution in [0, 0.1) is 0 Å². The second-order valence-electron chi connectivity index (χ2n) is 8.46. The fraction of sp³-hybridized carbons (Fsp3) is 0.417. The Labute approximate surface area is 203 Å². The summed E-state index contributed by atoms with van der Waals surface area (Å²) in [5.41, 5.74) is 1.20. The van der Waals surface area contributed by atoms with E-state index in [0.717, 1.165) is 55.7 Å². The lowest BCUT2D eigenvalue weighted by atomic mass is 10.2. The van der Waals surface area contributed by atoms with Crippen molar-refractivity contribution in [3.63, 3.8) is 0 Å². The number of ether oxygens (including phenoxy) is 1. The summed E-state index contributed by atoms with van der Waals surface area (Å²) in [5.74, 6) is 1.14. The van der Waals surface area contributed by atoms with Crippen molar-refractivity contribution in [3.05, 3.63) is 45.8 Å². The lowest BCUT2D eigenvalue weighted by Crippen LogP contribution is -2.47. The summed E-state index contributed by atoms with van der Waals surface area (Å²) in [5, 5.41) is 4.47. The van der Waals surface area contributed by atoms with Gasteiger partial charge in [0, 0.05) is 44.3 Å². The molecule has 0 radical (unpaired) electrons. The molecule has 3 aromatic rings. The zero-order valence-corrected chi connectivity index (χ0v) is 20.4. The van der Waals surface area contributed by atoms with Gasteiger partial charge in [-0.15, -0.1) is 0 Å². The van der Waals surface area contributed by atoms with Crippen molar-refractivity contribution in [1.29, 1.82) is 0 Å². The smallest absolute Gasteiger partial charge is 0.293 e. The average Bonchev–Trinajstić information content (AvgIpc) is 2.82. The van der Waals surface area contributed by atoms with Crippen molar-refractivity contribution < 1.29 is 9.53 Å². The highest BCUT2D eigenvalue weighted by molar-refractivity contribution is 6.32. The molecule has 1 aliphatic rings. The quantitative estimate of drug-likeness (QED) is 0.521. The summed E-state index contributed by atoms with van der Waals surface area (Å²) in [6.45, 7) is 8.28. The van der Waals surface area contributed by atoms with Crippen molar-refractivity contribution in [3.8, 4) is 5.75 Å². The third-order valence-electron chi connectivity index (χ3n) is 5.81. The van der Waals surface area contributed by atoms with Crippen molar-refractivity contribution in [2.24, 2.45) is 7.05 Å². The van der Waals surface area contributed by atoms with E-state index < -0.39 is 0 Å². The normalized spacial score (nSPS) is 14.4. The summed E-state index contributed by atoms with van der Waals surface area (Å²) in [6, 6.07) is 7.24. The van der Waals surface area contributed by atoms with Gasteiger partial charge in [-0.05, 0) is 44.2 Å². The largest absolute Gasteiger partial charge is 0.480 e. The Balaban J connectivity index is 1.57. The number of hydrogen-bond donors (Lipinski definition) is 1. The molecule has 3 heterocycles. The zero-order valence-electron chi connectivity index (χ0n) is 19.7. The summed E-state index contributed by atoms with van der Waals surface area (Å²) >= 11 is 6.40. The fourth-order valence-electron chi connectivity index (χ4n) is 4.04. The third kappa shape index (κ3) is 5.31. The minimum absolute atomic E-state index is 0.131. The first-order valence-electron chi connectivity index (χ1n) is 11.4. The molecule has 1 fully saturated rings. The van der Waals surface area contributed by atoms with Gasteiger partial charge in [0.15, 0.2) is 17.4 Å². The minimum Gasteiger partial charge on any atom is -0.480 e. The molecule has 10 heteroatoms. The Kier molecular flexibility index (Phi) is 7.33. The first-order valence-corrected chi connectivity index (χ1v) is 11.8. The molecule has 34 heavy (non-hydrogen) atoms. The molecule has 1 aliphatic heterocycles. The number of carbonyl (C=O) groups excluding carboxylic acids is 1. The van der Waals surface area contributed by atoms with E-state index in [1.807, 2.05) is 18.2 Å². The molecule has 0 spiro atoms. The molecular weight excluding hydrogens is 456 g/mol. The molecule has 0 aliphatic carbocycles. The molecule has 9 nitrogen and oxygen atoms in total. The van der Waals surface area contributed by atoms with Gasteiger partial charge in [-0.25, -0.2) is 4.98 Å². The maximum Gasteiger partial charge on any atom is 0.293 e. The minimum atomic E-state index is -0.294. The predicted molar refractivity (Wildman–Crippen MR) is 135 cm³/mol. The number of Topliss-reactive ketones (excluding diaryl/α,β-unsaturated/α-hetero) is 1. The number of anilines is 3. The number of carbonyl (C=O) groups is 1. The van der Waals surface area contributed by atoms with Crippen LogP contribution >= 0.6 is 11.6 Å². The van der Waals surface area contributed by atoms with E-state index >= 15 is 0 Å². The number of aryl methyl sites for hydroxylation is 1. The van der Waals surface area contributed by atoms with Crippen LogP contribution in [0.1, 0.15) is 20.3 Å². The van der Waals surface area contributed by atoms with Gasteiger partial charge in [0.25, 0.3) is 5.56 Å². The van der Waals surface area contributed by atoms with Crippen molar-refractivity contribution in [1.82, 2.24) is 19.4 Å². The van der Waals surface area contributed by atoms with Crippen LogP contribution in [0.25, 0.3) is 10.9 Å². The van der Waals surface area contributed by atoms with E-state index in [0.29, 0.717) is 16.8 Å². The second-order valence-corrected chi connectivity index (χ2v) is 8.86. The highest BCUT2D eigenvalue weighted by Crippen LogP contribution is 2.28. The van der Waals surface area contributed by atoms with E-state index in [1.165, 1.54) is 11.5 Å². The van der Waals surface area contributed by atoms with E-state index in [9.17, 15) is 9.59 Å². The van der Waals surface area contributed by atoms with Gasteiger partial charge in [0.05, 0.1) is 11.7 Å². The Morgan fingerprint density at radius 2 is 1.97 bits per heavy atom. The molecule has 0 amide bonds. The first-order chi connectivity index (χ1) is 16.4. The number of pyridine rings is 1. The number of halogens is 1. The molecular formula is C24H29ClN6O3. The molecule has 1 saturated heterocycles. The summed E-state index contributed by atoms with van der Waals surface area (Å²) in [6.07, 6.45) is 2.76. The number of rotatable bonds is 8. The van der Waals surface area contributed by atoms with Gasteiger partial charge in [-0.1, -0.05) is 18.5 Å². The third-order valence-corrected chi connectivity index (χ3v) is 6.09. The number of ketones is 1. The number of nitrogens with one attached hydrogen (secondary N) is 1. The van der Waals surface area contributed by atoms with Gasteiger partial charge in [0.1, 0.15) is 11.6 Å². The van der Waals surface area contributed by atoms with Crippen LogP contribution in [0.3, 0.4) is 0 Å². The lowest BCUT2D eigenvalue weighted by molar-refractivity contribution is -0.118. The summed E-state index contributed by atoms with van der Waals surface area (Å²) in [7, 11) is 1.67. The van der Waals surface area contributed by atoms with E-state index in [-0.39, 0.29) is 23.7 Å². The molecule has 4 rings (SSSR count). The molecule has 180 valence electrons. The van der Waals surface area contributed by atoms with Crippen molar-refractivity contribution in [2.75, 3.05) is 49.5 Å². The number of nitrogens with zero attached hydrogens (tertiary/aromatic N) is 5. The predicted octanol–water partition coefficient (Wildman–Crippen LogP) is 3.23. The Morgan fingerprint density at radius 1 is 1.21 bits per heavy atom. The summed E-state index contributed by atoms with van der Waals surface area (Å²) in [4.78, 5) is 37.5. The standard InChI is InChI=1S/C24H29ClN6O3/c1-4-7-30-8-10-31(11-9-30)24-26-14-19(25)22(28-24)27-18-5-6-20-17(12-18)13-21(23(33)29(20)3)34-15-16(2)32/h5-6,12-14H,4,7-11,15H2,1-3H3,(H,26,27,28). The Bertz CT molecular complexity index is 1250. The highest BCUT2D eigenvalue weighted by atomic mass is 35.5. The highest BCUT2D eigenvalue weighted by Gasteiger charge is 2.19. The molecule has 2 aromatic heterocycles. The van der Waals surface area contributed by atoms with E-state index in [1.54, 1.807) is 19.3 Å². The van der Waals surface area contributed by atoms with Crippen LogP contribution in [0.5, 0.6) is 5.75 Å². The maximum atomic E-state index is 12.5. The van der Waals surface area contributed by atoms with Gasteiger partial charge in [-0.3, -0.25) is 14.5 Å². The number of hydrogen-bond acceptors (Lipinski definition) is 8. The topological polar surface area (TPSA) is 92.6 Å². The number of piperazine rings is 1. The van der Waals surface area contributed by atoms with Crippen LogP contribution in [0.2, 0.25) is 5.02 Å². The van der Waals surface area contributed by atoms with Crippen LogP contribution in [0.4, 0.5) is 17.5 Å². The van der Waals surface area contributed by atoms with Crippen LogP contribution in [-0.4, -0.2) is 64.5 Å². The maximum absolute atomic E-state index is 12.5.